The number of benzene rings is 1. The normalized spacial score (nSPS) is 18.8. The molecule has 1 aliphatic rings. The number of para-hydroxylation sites is 1. The molecule has 0 saturated carbocycles. The van der Waals surface area contributed by atoms with Crippen LogP contribution in [0.25, 0.3) is 0 Å². The zero-order valence-corrected chi connectivity index (χ0v) is 12.1. The molecule has 1 unspecified atom stereocenters. The van der Waals surface area contributed by atoms with Crippen molar-refractivity contribution in [1.29, 1.82) is 0 Å². The second-order valence-corrected chi connectivity index (χ2v) is 5.29. The Morgan fingerprint density at radius 1 is 1.58 bits per heavy atom. The Bertz CT molecular complexity index is 519. The van der Waals surface area contributed by atoms with E-state index in [0.29, 0.717) is 35.2 Å². The van der Waals surface area contributed by atoms with Gasteiger partial charge in [-0.25, -0.2) is 4.79 Å². The molecule has 2 rings (SSSR count). The van der Waals surface area contributed by atoms with Crippen LogP contribution in [0.3, 0.4) is 0 Å². The van der Waals surface area contributed by atoms with Gasteiger partial charge in [-0.1, -0.05) is 6.07 Å². The van der Waals surface area contributed by atoms with Crippen LogP contribution in [0.5, 0.6) is 0 Å². The number of hydrogen-bond donors (Lipinski definition) is 1. The van der Waals surface area contributed by atoms with Crippen LogP contribution < -0.4 is 10.6 Å². The first-order valence-electron chi connectivity index (χ1n) is 5.95. The van der Waals surface area contributed by atoms with Crippen molar-refractivity contribution in [3.05, 3.63) is 28.2 Å². The average Bonchev–Trinajstić information content (AvgIpc) is 2.78. The summed E-state index contributed by atoms with van der Waals surface area (Å²) in [6, 6.07) is 5.18. The molecule has 0 radical (unpaired) electrons. The van der Waals surface area contributed by atoms with Crippen LogP contribution in [0.4, 0.5) is 5.69 Å². The molecule has 0 aliphatic carbocycles. The highest BCUT2D eigenvalue weighted by Gasteiger charge is 2.33. The molecule has 1 heterocycles. The number of esters is 1. The molecular weight excluding hydrogens is 312 g/mol. The Morgan fingerprint density at radius 3 is 2.89 bits per heavy atom. The van der Waals surface area contributed by atoms with Crippen LogP contribution in [-0.4, -0.2) is 32.1 Å². The summed E-state index contributed by atoms with van der Waals surface area (Å²) in [5, 5.41) is 0. The zero-order chi connectivity index (χ0) is 14.0. The van der Waals surface area contributed by atoms with Gasteiger partial charge in [0.25, 0.3) is 0 Å². The van der Waals surface area contributed by atoms with E-state index in [2.05, 4.69) is 15.9 Å². The number of methoxy groups -OCH3 is 1. The molecule has 5 nitrogen and oxygen atoms in total. The van der Waals surface area contributed by atoms with Crippen LogP contribution in [0.15, 0.2) is 22.7 Å². The van der Waals surface area contributed by atoms with Gasteiger partial charge >= 0.3 is 5.97 Å². The minimum atomic E-state index is -0.458. The van der Waals surface area contributed by atoms with E-state index in [-0.39, 0.29) is 11.8 Å². The highest BCUT2D eigenvalue weighted by atomic mass is 79.9. The first kappa shape index (κ1) is 14.0. The lowest BCUT2D eigenvalue weighted by Gasteiger charge is -2.21. The van der Waals surface area contributed by atoms with E-state index in [1.54, 1.807) is 23.1 Å². The van der Waals surface area contributed by atoms with Crippen LogP contribution in [0.2, 0.25) is 0 Å². The van der Waals surface area contributed by atoms with Crippen molar-refractivity contribution in [3.63, 3.8) is 0 Å². The first-order chi connectivity index (χ1) is 9.08. The van der Waals surface area contributed by atoms with Gasteiger partial charge < -0.3 is 15.4 Å². The van der Waals surface area contributed by atoms with Gasteiger partial charge in [0.1, 0.15) is 0 Å². The van der Waals surface area contributed by atoms with Crippen LogP contribution in [0, 0.1) is 5.92 Å². The number of anilines is 1. The molecule has 2 N–H and O–H groups in total. The lowest BCUT2D eigenvalue weighted by molar-refractivity contribution is -0.117. The number of carbonyl (C=O) groups excluding carboxylic acids is 2. The van der Waals surface area contributed by atoms with Gasteiger partial charge in [0.2, 0.25) is 5.91 Å². The third-order valence-corrected chi connectivity index (χ3v) is 3.84. The van der Waals surface area contributed by atoms with Gasteiger partial charge in [-0.3, -0.25) is 4.79 Å². The molecule has 1 aliphatic heterocycles. The number of rotatable bonds is 3. The number of carbonyl (C=O) groups is 2. The maximum absolute atomic E-state index is 12.1. The van der Waals surface area contributed by atoms with Crippen molar-refractivity contribution >= 4 is 33.5 Å². The number of halogens is 1. The van der Waals surface area contributed by atoms with Crippen molar-refractivity contribution in [1.82, 2.24) is 0 Å². The molecule has 0 bridgehead atoms. The van der Waals surface area contributed by atoms with E-state index < -0.39 is 5.97 Å². The fourth-order valence-corrected chi connectivity index (χ4v) is 2.80. The third kappa shape index (κ3) is 2.64. The van der Waals surface area contributed by atoms with Gasteiger partial charge in [-0.2, -0.15) is 0 Å². The quantitative estimate of drug-likeness (QED) is 0.855. The summed E-state index contributed by atoms with van der Waals surface area (Å²) in [5.74, 6) is -0.349. The Balaban J connectivity index is 2.44. The highest BCUT2D eigenvalue weighted by molar-refractivity contribution is 9.10. The molecule has 1 atom stereocenters. The molecule has 1 aromatic rings. The maximum Gasteiger partial charge on any atom is 0.340 e. The standard InChI is InChI=1S/C13H15BrN2O3/c1-19-13(18)9-3-2-4-10(14)12(9)16-7-8(6-15)5-11(16)17/h2-4,8H,5-7,15H2,1H3. The number of ether oxygens (including phenoxy) is 1. The highest BCUT2D eigenvalue weighted by Crippen LogP contribution is 2.34. The summed E-state index contributed by atoms with van der Waals surface area (Å²) in [6.45, 7) is 0.988. The molecule has 1 saturated heterocycles. The van der Waals surface area contributed by atoms with Gasteiger partial charge in [0.05, 0.1) is 18.4 Å². The number of nitrogens with two attached hydrogens (primary N) is 1. The van der Waals surface area contributed by atoms with E-state index in [4.69, 9.17) is 10.5 Å². The summed E-state index contributed by atoms with van der Waals surface area (Å²) >= 11 is 3.39. The van der Waals surface area contributed by atoms with Crippen molar-refractivity contribution in [3.8, 4) is 0 Å². The average molecular weight is 327 g/mol. The predicted molar refractivity (Wildman–Crippen MR) is 75.0 cm³/mol. The largest absolute Gasteiger partial charge is 0.465 e. The van der Waals surface area contributed by atoms with Crippen molar-refractivity contribution < 1.29 is 14.3 Å². The molecule has 0 spiro atoms. The number of nitrogens with zero attached hydrogens (tertiary/aromatic N) is 1. The van der Waals surface area contributed by atoms with Gasteiger partial charge in [-0.05, 0) is 40.5 Å². The van der Waals surface area contributed by atoms with E-state index in [1.807, 2.05) is 0 Å². The lowest BCUT2D eigenvalue weighted by Crippen LogP contribution is -2.28. The van der Waals surface area contributed by atoms with Crippen molar-refractivity contribution in [2.75, 3.05) is 25.1 Å². The fraction of sp³-hybridized carbons (Fsp3) is 0.385. The molecule has 1 fully saturated rings. The zero-order valence-electron chi connectivity index (χ0n) is 10.6. The Hall–Kier alpha value is -1.40. The molecule has 0 aromatic heterocycles. The monoisotopic (exact) mass is 326 g/mol. The lowest BCUT2D eigenvalue weighted by atomic mass is 10.1. The SMILES string of the molecule is COC(=O)c1cccc(Br)c1N1CC(CN)CC1=O. The number of amides is 1. The first-order valence-corrected chi connectivity index (χ1v) is 6.75. The van der Waals surface area contributed by atoms with E-state index in [9.17, 15) is 9.59 Å². The second kappa shape index (κ2) is 5.71. The Labute approximate surface area is 119 Å². The second-order valence-electron chi connectivity index (χ2n) is 4.44. The fourth-order valence-electron chi connectivity index (χ4n) is 2.22. The molecular formula is C13H15BrN2O3. The molecule has 19 heavy (non-hydrogen) atoms. The van der Waals surface area contributed by atoms with Crippen molar-refractivity contribution in [2.45, 2.75) is 6.42 Å². The smallest absolute Gasteiger partial charge is 0.340 e. The summed E-state index contributed by atoms with van der Waals surface area (Å²) in [5.41, 5.74) is 6.56. The molecule has 1 aromatic carbocycles. The maximum atomic E-state index is 12.1. The molecule has 6 heteroatoms. The summed E-state index contributed by atoms with van der Waals surface area (Å²) in [4.78, 5) is 25.5. The van der Waals surface area contributed by atoms with E-state index in [0.717, 1.165) is 0 Å². The van der Waals surface area contributed by atoms with Crippen molar-refractivity contribution in [2.24, 2.45) is 11.7 Å². The minimum absolute atomic E-state index is 0.0208. The topological polar surface area (TPSA) is 72.6 Å². The molecule has 102 valence electrons. The van der Waals surface area contributed by atoms with Crippen LogP contribution in [-0.2, 0) is 9.53 Å². The summed E-state index contributed by atoms with van der Waals surface area (Å²) in [6.07, 6.45) is 0.415. The number of hydrogen-bond acceptors (Lipinski definition) is 4. The van der Waals surface area contributed by atoms with Crippen LogP contribution >= 0.6 is 15.9 Å². The predicted octanol–water partition coefficient (Wildman–Crippen LogP) is 1.55. The van der Waals surface area contributed by atoms with E-state index >= 15 is 0 Å². The third-order valence-electron chi connectivity index (χ3n) is 3.20. The van der Waals surface area contributed by atoms with Gasteiger partial charge in [0, 0.05) is 17.4 Å². The Kier molecular flexibility index (Phi) is 4.21. The Morgan fingerprint density at radius 2 is 2.32 bits per heavy atom. The van der Waals surface area contributed by atoms with Crippen LogP contribution in [0.1, 0.15) is 16.8 Å². The minimum Gasteiger partial charge on any atom is -0.465 e. The van der Waals surface area contributed by atoms with E-state index in [1.165, 1.54) is 7.11 Å². The van der Waals surface area contributed by atoms with Gasteiger partial charge in [0.15, 0.2) is 0 Å². The van der Waals surface area contributed by atoms with Gasteiger partial charge in [-0.15, -0.1) is 0 Å². The summed E-state index contributed by atoms with van der Waals surface area (Å²) in [7, 11) is 1.32. The summed E-state index contributed by atoms with van der Waals surface area (Å²) < 4.78 is 5.45. The molecule has 1 amide bonds.